The van der Waals surface area contributed by atoms with E-state index in [2.05, 4.69) is 16.8 Å². The van der Waals surface area contributed by atoms with Crippen LogP contribution in [0.4, 0.5) is 0 Å². The van der Waals surface area contributed by atoms with Crippen molar-refractivity contribution in [2.24, 2.45) is 10.7 Å². The summed E-state index contributed by atoms with van der Waals surface area (Å²) < 4.78 is 0. The average molecular weight is 296 g/mol. The zero-order valence-electron chi connectivity index (χ0n) is 14.3. The van der Waals surface area contributed by atoms with E-state index in [0.717, 1.165) is 32.6 Å². The molecule has 0 spiro atoms. The Morgan fingerprint density at radius 1 is 0.905 bits per heavy atom. The van der Waals surface area contributed by atoms with Crippen molar-refractivity contribution in [2.75, 3.05) is 26.2 Å². The minimum Gasteiger partial charge on any atom is -0.357 e. The monoisotopic (exact) mass is 295 g/mol. The zero-order chi connectivity index (χ0) is 15.2. The van der Waals surface area contributed by atoms with E-state index in [9.17, 15) is 0 Å². The second-order valence-electron chi connectivity index (χ2n) is 6.36. The van der Waals surface area contributed by atoms with Crippen molar-refractivity contribution in [1.29, 1.82) is 0 Å². The largest absolute Gasteiger partial charge is 0.357 e. The molecule has 0 saturated heterocycles. The second-order valence-corrected chi connectivity index (χ2v) is 6.36. The van der Waals surface area contributed by atoms with Crippen molar-refractivity contribution >= 4 is 5.84 Å². The summed E-state index contributed by atoms with van der Waals surface area (Å²) in [6.45, 7) is 6.08. The summed E-state index contributed by atoms with van der Waals surface area (Å²) in [6.07, 6.45) is 16.7. The van der Waals surface area contributed by atoms with Crippen LogP contribution < -0.4 is 5.73 Å². The van der Waals surface area contributed by atoms with Crippen LogP contribution in [0.3, 0.4) is 0 Å². The maximum atomic E-state index is 5.63. The summed E-state index contributed by atoms with van der Waals surface area (Å²) in [6, 6.07) is 0. The molecule has 0 aliphatic carbocycles. The molecule has 0 bridgehead atoms. The molecule has 0 unspecified atom stereocenters. The third-order valence-corrected chi connectivity index (χ3v) is 4.43. The summed E-state index contributed by atoms with van der Waals surface area (Å²) >= 11 is 0. The van der Waals surface area contributed by atoms with Crippen LogP contribution in [0.15, 0.2) is 4.99 Å². The van der Waals surface area contributed by atoms with Crippen LogP contribution in [0.25, 0.3) is 0 Å². The Hall–Kier alpha value is -0.570. The Morgan fingerprint density at radius 3 is 2.05 bits per heavy atom. The van der Waals surface area contributed by atoms with Gasteiger partial charge in [0.25, 0.3) is 0 Å². The molecule has 21 heavy (non-hydrogen) atoms. The molecule has 3 heteroatoms. The first-order chi connectivity index (χ1) is 10.4. The van der Waals surface area contributed by atoms with E-state index in [0.29, 0.717) is 0 Å². The molecule has 0 aromatic carbocycles. The first-order valence-electron chi connectivity index (χ1n) is 9.36. The Labute approximate surface area is 132 Å². The lowest BCUT2D eigenvalue weighted by Gasteiger charge is -2.19. The Morgan fingerprint density at radius 2 is 1.48 bits per heavy atom. The smallest absolute Gasteiger partial charge is 0.0990 e. The molecule has 0 fully saturated rings. The number of hydrogen-bond donors (Lipinski definition) is 1. The van der Waals surface area contributed by atoms with Crippen LogP contribution in [-0.2, 0) is 0 Å². The van der Waals surface area contributed by atoms with Crippen molar-refractivity contribution in [3.05, 3.63) is 0 Å². The number of amidine groups is 1. The van der Waals surface area contributed by atoms with Crippen LogP contribution in [0.2, 0.25) is 0 Å². The number of aliphatic imine (C=N–C) groups is 1. The third kappa shape index (κ3) is 9.13. The zero-order valence-corrected chi connectivity index (χ0v) is 14.3. The molecular formula is C18H37N3. The number of nitrogens with zero attached hydrogens (tertiary/aromatic N) is 2. The fourth-order valence-electron chi connectivity index (χ4n) is 3.11. The SMILES string of the molecule is CCCCCCCCCCCCCC1=NCCN1CCN. The molecule has 1 aliphatic heterocycles. The van der Waals surface area contributed by atoms with E-state index in [-0.39, 0.29) is 0 Å². The molecule has 0 aromatic heterocycles. The van der Waals surface area contributed by atoms with E-state index >= 15 is 0 Å². The highest BCUT2D eigenvalue weighted by atomic mass is 15.2. The van der Waals surface area contributed by atoms with Crippen molar-refractivity contribution < 1.29 is 0 Å². The standard InChI is InChI=1S/C18H37N3/c1-2-3-4-5-6-7-8-9-10-11-12-13-18-20-15-17-21(18)16-14-19/h2-17,19H2,1H3. The van der Waals surface area contributed by atoms with Gasteiger partial charge < -0.3 is 10.6 Å². The maximum absolute atomic E-state index is 5.63. The molecule has 1 rings (SSSR count). The van der Waals surface area contributed by atoms with E-state index in [1.54, 1.807) is 0 Å². The van der Waals surface area contributed by atoms with Gasteiger partial charge in [-0.2, -0.15) is 0 Å². The predicted molar refractivity (Wildman–Crippen MR) is 94.0 cm³/mol. The van der Waals surface area contributed by atoms with Gasteiger partial charge in [-0.25, -0.2) is 0 Å². The van der Waals surface area contributed by atoms with Gasteiger partial charge in [-0.05, 0) is 6.42 Å². The number of rotatable bonds is 14. The van der Waals surface area contributed by atoms with E-state index in [1.165, 1.54) is 76.5 Å². The van der Waals surface area contributed by atoms with Gasteiger partial charge in [-0.15, -0.1) is 0 Å². The molecule has 1 aliphatic rings. The molecule has 0 radical (unpaired) electrons. The molecule has 124 valence electrons. The lowest BCUT2D eigenvalue weighted by molar-refractivity contribution is 0.455. The summed E-state index contributed by atoms with van der Waals surface area (Å²) in [7, 11) is 0. The van der Waals surface area contributed by atoms with Gasteiger partial charge in [0.2, 0.25) is 0 Å². The van der Waals surface area contributed by atoms with Gasteiger partial charge >= 0.3 is 0 Å². The highest BCUT2D eigenvalue weighted by molar-refractivity contribution is 5.83. The molecule has 0 atom stereocenters. The number of hydrogen-bond acceptors (Lipinski definition) is 3. The van der Waals surface area contributed by atoms with E-state index in [4.69, 9.17) is 5.73 Å². The minimum atomic E-state index is 0.747. The molecular weight excluding hydrogens is 258 g/mol. The highest BCUT2D eigenvalue weighted by Gasteiger charge is 2.14. The molecule has 1 heterocycles. The number of unbranched alkanes of at least 4 members (excludes halogenated alkanes) is 10. The quantitative estimate of drug-likeness (QED) is 0.484. The molecule has 3 nitrogen and oxygen atoms in total. The lowest BCUT2D eigenvalue weighted by Crippen LogP contribution is -2.32. The summed E-state index contributed by atoms with van der Waals surface area (Å²) in [5.74, 6) is 1.32. The highest BCUT2D eigenvalue weighted by Crippen LogP contribution is 2.13. The molecule has 0 saturated carbocycles. The lowest BCUT2D eigenvalue weighted by atomic mass is 10.1. The van der Waals surface area contributed by atoms with Gasteiger partial charge in [0, 0.05) is 26.1 Å². The van der Waals surface area contributed by atoms with Crippen LogP contribution in [0.1, 0.15) is 84.0 Å². The van der Waals surface area contributed by atoms with Crippen molar-refractivity contribution in [1.82, 2.24) is 4.90 Å². The predicted octanol–water partition coefficient (Wildman–Crippen LogP) is 4.36. The second kappa shape index (κ2) is 13.1. The summed E-state index contributed by atoms with van der Waals surface area (Å²) in [5.41, 5.74) is 5.63. The third-order valence-electron chi connectivity index (χ3n) is 4.43. The van der Waals surface area contributed by atoms with Gasteiger partial charge in [0.05, 0.1) is 12.4 Å². The van der Waals surface area contributed by atoms with Gasteiger partial charge in [0.1, 0.15) is 0 Å². The van der Waals surface area contributed by atoms with Crippen LogP contribution >= 0.6 is 0 Å². The molecule has 0 amide bonds. The fourth-order valence-corrected chi connectivity index (χ4v) is 3.11. The van der Waals surface area contributed by atoms with Gasteiger partial charge in [-0.3, -0.25) is 4.99 Å². The van der Waals surface area contributed by atoms with Gasteiger partial charge in [0.15, 0.2) is 0 Å². The maximum Gasteiger partial charge on any atom is 0.0990 e. The van der Waals surface area contributed by atoms with E-state index in [1.807, 2.05) is 0 Å². The van der Waals surface area contributed by atoms with Gasteiger partial charge in [-0.1, -0.05) is 71.1 Å². The minimum absolute atomic E-state index is 0.747. The molecule has 0 aromatic rings. The van der Waals surface area contributed by atoms with Crippen molar-refractivity contribution in [2.45, 2.75) is 84.0 Å². The van der Waals surface area contributed by atoms with Crippen LogP contribution in [0.5, 0.6) is 0 Å². The number of nitrogens with two attached hydrogens (primary N) is 1. The Balaban J connectivity index is 1.84. The van der Waals surface area contributed by atoms with Crippen molar-refractivity contribution in [3.8, 4) is 0 Å². The Kier molecular flexibility index (Phi) is 11.5. The molecule has 2 N–H and O–H groups in total. The topological polar surface area (TPSA) is 41.6 Å². The Bertz CT molecular complexity index is 263. The van der Waals surface area contributed by atoms with Crippen LogP contribution in [-0.4, -0.2) is 36.9 Å². The first-order valence-corrected chi connectivity index (χ1v) is 9.36. The average Bonchev–Trinajstić information content (AvgIpc) is 2.92. The fraction of sp³-hybridized carbons (Fsp3) is 0.944. The first kappa shape index (κ1) is 18.5. The summed E-state index contributed by atoms with van der Waals surface area (Å²) in [4.78, 5) is 6.98. The normalized spacial score (nSPS) is 14.8. The summed E-state index contributed by atoms with van der Waals surface area (Å²) in [5, 5.41) is 0. The van der Waals surface area contributed by atoms with Crippen molar-refractivity contribution in [3.63, 3.8) is 0 Å². The van der Waals surface area contributed by atoms with E-state index < -0.39 is 0 Å². The van der Waals surface area contributed by atoms with Crippen LogP contribution in [0, 0.1) is 0 Å².